The summed E-state index contributed by atoms with van der Waals surface area (Å²) >= 11 is 0. The van der Waals surface area contributed by atoms with Crippen LogP contribution in [-0.2, 0) is 9.59 Å². The summed E-state index contributed by atoms with van der Waals surface area (Å²) in [6.45, 7) is 9.53. The zero-order chi connectivity index (χ0) is 16.1. The second-order valence-corrected chi connectivity index (χ2v) is 6.16. The number of para-hydroxylation sites is 1. The molecule has 1 aliphatic rings. The average molecular weight is 303 g/mol. The van der Waals surface area contributed by atoms with Gasteiger partial charge in [0.05, 0.1) is 6.54 Å². The van der Waals surface area contributed by atoms with Crippen LogP contribution >= 0.6 is 0 Å². The summed E-state index contributed by atoms with van der Waals surface area (Å²) in [4.78, 5) is 26.8. The third kappa shape index (κ3) is 4.07. The van der Waals surface area contributed by atoms with Crippen LogP contribution in [0.15, 0.2) is 18.2 Å². The van der Waals surface area contributed by atoms with E-state index in [4.69, 9.17) is 0 Å². The first kappa shape index (κ1) is 16.5. The summed E-state index contributed by atoms with van der Waals surface area (Å²) < 4.78 is 0. The monoisotopic (exact) mass is 303 g/mol. The highest BCUT2D eigenvalue weighted by Crippen LogP contribution is 2.27. The van der Waals surface area contributed by atoms with E-state index in [1.54, 1.807) is 4.90 Å². The van der Waals surface area contributed by atoms with Crippen molar-refractivity contribution in [1.29, 1.82) is 0 Å². The van der Waals surface area contributed by atoms with Crippen molar-refractivity contribution in [3.8, 4) is 0 Å². The molecular weight excluding hydrogens is 278 g/mol. The van der Waals surface area contributed by atoms with Gasteiger partial charge in [-0.15, -0.1) is 0 Å². The standard InChI is InChI=1S/C17H25N3O2/c1-13(2)15-6-4-5-14(3)17(15)18-16(22)11-19-7-9-20(12-21)10-8-19/h4-6,12-13H,7-11H2,1-3H3,(H,18,22). The normalized spacial score (nSPS) is 15.9. The Hall–Kier alpha value is -1.88. The van der Waals surface area contributed by atoms with Crippen molar-refractivity contribution >= 4 is 18.0 Å². The molecule has 1 aliphatic heterocycles. The van der Waals surface area contributed by atoms with E-state index in [1.807, 2.05) is 19.1 Å². The van der Waals surface area contributed by atoms with Crippen LogP contribution < -0.4 is 5.32 Å². The van der Waals surface area contributed by atoms with Gasteiger partial charge < -0.3 is 10.2 Å². The summed E-state index contributed by atoms with van der Waals surface area (Å²) in [5.41, 5.74) is 3.19. The lowest BCUT2D eigenvalue weighted by Crippen LogP contribution is -2.48. The topological polar surface area (TPSA) is 52.7 Å². The lowest BCUT2D eigenvalue weighted by Gasteiger charge is -2.32. The first-order valence-electron chi connectivity index (χ1n) is 7.82. The molecule has 0 spiro atoms. The number of hydrogen-bond acceptors (Lipinski definition) is 3. The minimum atomic E-state index is 0.00996. The number of carbonyl (C=O) groups excluding carboxylic acids is 2. The molecule has 1 fully saturated rings. The molecule has 1 N–H and O–H groups in total. The van der Waals surface area contributed by atoms with Crippen LogP contribution in [0.25, 0.3) is 0 Å². The molecule has 0 aliphatic carbocycles. The van der Waals surface area contributed by atoms with Gasteiger partial charge >= 0.3 is 0 Å². The van der Waals surface area contributed by atoms with Gasteiger partial charge in [0, 0.05) is 31.9 Å². The van der Waals surface area contributed by atoms with Crippen molar-refractivity contribution in [2.45, 2.75) is 26.7 Å². The summed E-state index contributed by atoms with van der Waals surface area (Å²) in [5.74, 6) is 0.377. The van der Waals surface area contributed by atoms with Crippen molar-refractivity contribution in [3.05, 3.63) is 29.3 Å². The van der Waals surface area contributed by atoms with Crippen molar-refractivity contribution < 1.29 is 9.59 Å². The molecule has 2 amide bonds. The van der Waals surface area contributed by atoms with Crippen LogP contribution in [-0.4, -0.2) is 54.8 Å². The zero-order valence-electron chi connectivity index (χ0n) is 13.6. The van der Waals surface area contributed by atoms with Crippen molar-refractivity contribution in [2.24, 2.45) is 0 Å². The number of rotatable bonds is 5. The van der Waals surface area contributed by atoms with E-state index in [-0.39, 0.29) is 5.91 Å². The van der Waals surface area contributed by atoms with Crippen LogP contribution in [0.4, 0.5) is 5.69 Å². The zero-order valence-corrected chi connectivity index (χ0v) is 13.6. The molecule has 0 aromatic heterocycles. The third-order valence-corrected chi connectivity index (χ3v) is 4.11. The fourth-order valence-electron chi connectivity index (χ4n) is 2.75. The number of anilines is 1. The minimum absolute atomic E-state index is 0.00996. The molecule has 0 bridgehead atoms. The van der Waals surface area contributed by atoms with Crippen LogP contribution in [0, 0.1) is 6.92 Å². The fourth-order valence-corrected chi connectivity index (χ4v) is 2.75. The van der Waals surface area contributed by atoms with Crippen molar-refractivity contribution in [3.63, 3.8) is 0 Å². The Balaban J connectivity index is 1.97. The maximum Gasteiger partial charge on any atom is 0.238 e. The predicted octanol–water partition coefficient (Wildman–Crippen LogP) is 1.83. The highest BCUT2D eigenvalue weighted by atomic mass is 16.2. The first-order chi connectivity index (χ1) is 10.5. The molecule has 5 nitrogen and oxygen atoms in total. The fraction of sp³-hybridized carbons (Fsp3) is 0.529. The van der Waals surface area contributed by atoms with E-state index in [9.17, 15) is 9.59 Å². The van der Waals surface area contributed by atoms with Crippen LogP contribution in [0.1, 0.15) is 30.9 Å². The number of nitrogens with one attached hydrogen (secondary N) is 1. The molecule has 1 saturated heterocycles. The molecule has 1 aromatic rings. The number of piperazine rings is 1. The second kappa shape index (κ2) is 7.40. The molecule has 2 rings (SSSR count). The van der Waals surface area contributed by atoms with Gasteiger partial charge in [0.15, 0.2) is 0 Å². The van der Waals surface area contributed by atoms with Gasteiger partial charge in [0.1, 0.15) is 0 Å². The third-order valence-electron chi connectivity index (χ3n) is 4.11. The van der Waals surface area contributed by atoms with Gasteiger partial charge in [0.25, 0.3) is 0 Å². The molecule has 5 heteroatoms. The SMILES string of the molecule is Cc1cccc(C(C)C)c1NC(=O)CN1CCN(C=O)CC1. The van der Waals surface area contributed by atoms with Crippen molar-refractivity contribution in [1.82, 2.24) is 9.80 Å². The lowest BCUT2D eigenvalue weighted by atomic mass is 9.98. The Labute approximate surface area is 132 Å². The first-order valence-corrected chi connectivity index (χ1v) is 7.82. The smallest absolute Gasteiger partial charge is 0.238 e. The highest BCUT2D eigenvalue weighted by Gasteiger charge is 2.19. The van der Waals surface area contributed by atoms with E-state index in [0.717, 1.165) is 30.8 Å². The van der Waals surface area contributed by atoms with Crippen LogP contribution in [0.3, 0.4) is 0 Å². The largest absolute Gasteiger partial charge is 0.343 e. The molecule has 1 aromatic carbocycles. The Kier molecular flexibility index (Phi) is 5.55. The van der Waals surface area contributed by atoms with Crippen LogP contribution in [0.2, 0.25) is 0 Å². The molecule has 120 valence electrons. The summed E-state index contributed by atoms with van der Waals surface area (Å²) in [5, 5.41) is 3.07. The number of benzene rings is 1. The van der Waals surface area contributed by atoms with Crippen LogP contribution in [0.5, 0.6) is 0 Å². The van der Waals surface area contributed by atoms with E-state index in [0.29, 0.717) is 25.6 Å². The summed E-state index contributed by atoms with van der Waals surface area (Å²) in [7, 11) is 0. The maximum atomic E-state index is 12.3. The van der Waals surface area contributed by atoms with E-state index in [1.165, 1.54) is 5.56 Å². The number of carbonyl (C=O) groups is 2. The van der Waals surface area contributed by atoms with Gasteiger partial charge in [-0.25, -0.2) is 0 Å². The van der Waals surface area contributed by atoms with Gasteiger partial charge in [-0.3, -0.25) is 14.5 Å². The molecule has 0 saturated carbocycles. The number of amides is 2. The lowest BCUT2D eigenvalue weighted by molar-refractivity contribution is -0.120. The summed E-state index contributed by atoms with van der Waals surface area (Å²) in [6, 6.07) is 6.11. The average Bonchev–Trinajstić information content (AvgIpc) is 2.49. The number of hydrogen-bond donors (Lipinski definition) is 1. The molecule has 0 radical (unpaired) electrons. The van der Waals surface area contributed by atoms with Gasteiger partial charge in [0.2, 0.25) is 12.3 Å². The Morgan fingerprint density at radius 2 is 1.95 bits per heavy atom. The molecule has 0 unspecified atom stereocenters. The maximum absolute atomic E-state index is 12.3. The van der Waals surface area contributed by atoms with E-state index in [2.05, 4.69) is 30.1 Å². The van der Waals surface area contributed by atoms with Gasteiger partial charge in [-0.1, -0.05) is 32.0 Å². The molecule has 22 heavy (non-hydrogen) atoms. The Bertz CT molecular complexity index is 535. The predicted molar refractivity (Wildman–Crippen MR) is 88.0 cm³/mol. The van der Waals surface area contributed by atoms with Crippen molar-refractivity contribution in [2.75, 3.05) is 38.0 Å². The number of aryl methyl sites for hydroxylation is 1. The Morgan fingerprint density at radius 3 is 2.55 bits per heavy atom. The quantitative estimate of drug-likeness (QED) is 0.844. The minimum Gasteiger partial charge on any atom is -0.343 e. The number of nitrogens with zero attached hydrogens (tertiary/aromatic N) is 2. The second-order valence-electron chi connectivity index (χ2n) is 6.16. The highest BCUT2D eigenvalue weighted by molar-refractivity contribution is 5.94. The molecule has 0 atom stereocenters. The molecular formula is C17H25N3O2. The Morgan fingerprint density at radius 1 is 1.27 bits per heavy atom. The van der Waals surface area contributed by atoms with E-state index < -0.39 is 0 Å². The van der Waals surface area contributed by atoms with Gasteiger partial charge in [-0.05, 0) is 24.0 Å². The molecule has 1 heterocycles. The van der Waals surface area contributed by atoms with Gasteiger partial charge in [-0.2, -0.15) is 0 Å². The van der Waals surface area contributed by atoms with E-state index >= 15 is 0 Å². The summed E-state index contributed by atoms with van der Waals surface area (Å²) in [6.07, 6.45) is 0.875.